The molecule has 0 N–H and O–H groups in total. The molecule has 0 aliphatic rings. The number of hydrogen-bond acceptors (Lipinski definition) is 5. The molecule has 0 unspecified atom stereocenters. The summed E-state index contributed by atoms with van der Waals surface area (Å²) >= 11 is 19.2. The van der Waals surface area contributed by atoms with Crippen molar-refractivity contribution in [3.8, 4) is 28.3 Å². The number of methoxy groups -OCH3 is 1. The average molecular weight is 562 g/mol. The minimum atomic E-state index is -1.99. The van der Waals surface area contributed by atoms with E-state index in [-0.39, 0.29) is 12.1 Å². The van der Waals surface area contributed by atoms with E-state index in [9.17, 15) is 14.0 Å². The topological polar surface area (TPSA) is 72.6 Å². The van der Waals surface area contributed by atoms with E-state index in [0.717, 1.165) is 12.1 Å². The van der Waals surface area contributed by atoms with Crippen molar-refractivity contribution < 1.29 is 23.2 Å². The summed E-state index contributed by atoms with van der Waals surface area (Å²) < 4.78 is 22.2. The van der Waals surface area contributed by atoms with Crippen molar-refractivity contribution in [2.75, 3.05) is 18.6 Å². The lowest BCUT2D eigenvalue weighted by Crippen LogP contribution is -2.43. The summed E-state index contributed by atoms with van der Waals surface area (Å²) in [6, 6.07) is 18.6. The third-order valence-corrected chi connectivity index (χ3v) is 6.48. The van der Waals surface area contributed by atoms with Gasteiger partial charge in [0.05, 0.1) is 24.2 Å². The first-order valence-corrected chi connectivity index (χ1v) is 12.1. The van der Waals surface area contributed by atoms with Crippen molar-refractivity contribution in [3.05, 3.63) is 89.2 Å². The van der Waals surface area contributed by atoms with Gasteiger partial charge in [-0.2, -0.15) is 0 Å². The first kappa shape index (κ1) is 26.7. The van der Waals surface area contributed by atoms with E-state index in [1.54, 1.807) is 48.5 Å². The molecule has 0 spiro atoms. The van der Waals surface area contributed by atoms with Gasteiger partial charge < -0.3 is 14.2 Å². The molecule has 1 amide bonds. The molecule has 0 fully saturated rings. The van der Waals surface area contributed by atoms with Crippen LogP contribution in [-0.2, 0) is 4.79 Å². The summed E-state index contributed by atoms with van der Waals surface area (Å²) in [6.45, 7) is 0.985. The SMILES string of the molecule is COc1cccc(Cl)c1-c1cc(-c2cccc(N(CC(Cl)(Cl)C(=O)c3ccc(F)cc3)C(C)=O)c2)on1. The molecule has 10 heteroatoms. The number of hydrogen-bond donors (Lipinski definition) is 0. The van der Waals surface area contributed by atoms with Crippen LogP contribution in [0.2, 0.25) is 5.02 Å². The number of nitrogens with zero attached hydrogens (tertiary/aromatic N) is 2. The van der Waals surface area contributed by atoms with Gasteiger partial charge in [0.2, 0.25) is 11.7 Å². The van der Waals surface area contributed by atoms with Crippen molar-refractivity contribution >= 4 is 52.2 Å². The molecule has 0 saturated heterocycles. The summed E-state index contributed by atoms with van der Waals surface area (Å²) in [7, 11) is 1.53. The van der Waals surface area contributed by atoms with Crippen molar-refractivity contribution in [1.82, 2.24) is 5.16 Å². The van der Waals surface area contributed by atoms with Crippen LogP contribution in [0.1, 0.15) is 17.3 Å². The van der Waals surface area contributed by atoms with Crippen LogP contribution in [0.5, 0.6) is 5.75 Å². The number of carbonyl (C=O) groups is 2. The summed E-state index contributed by atoms with van der Waals surface area (Å²) in [5.41, 5.74) is 2.20. The number of amides is 1. The number of Topliss-reactive ketones (excluding diaryl/α,β-unsaturated/α-hetero) is 1. The van der Waals surface area contributed by atoms with Gasteiger partial charge in [0.25, 0.3) is 0 Å². The lowest BCUT2D eigenvalue weighted by Gasteiger charge is -2.28. The lowest BCUT2D eigenvalue weighted by molar-refractivity contribution is -0.116. The van der Waals surface area contributed by atoms with Gasteiger partial charge in [0, 0.05) is 29.8 Å². The Balaban J connectivity index is 1.63. The van der Waals surface area contributed by atoms with Crippen LogP contribution in [0.3, 0.4) is 0 Å². The molecule has 1 aromatic heterocycles. The Kier molecular flexibility index (Phi) is 7.87. The number of rotatable bonds is 8. The Morgan fingerprint density at radius 3 is 2.43 bits per heavy atom. The van der Waals surface area contributed by atoms with E-state index in [4.69, 9.17) is 44.1 Å². The summed E-state index contributed by atoms with van der Waals surface area (Å²) in [4.78, 5) is 26.7. The van der Waals surface area contributed by atoms with Crippen LogP contribution in [0, 0.1) is 5.82 Å². The van der Waals surface area contributed by atoms with E-state index < -0.39 is 21.8 Å². The maximum atomic E-state index is 13.3. The number of benzene rings is 3. The van der Waals surface area contributed by atoms with Gasteiger partial charge >= 0.3 is 0 Å². The second kappa shape index (κ2) is 10.9. The van der Waals surface area contributed by atoms with Gasteiger partial charge in [-0.05, 0) is 48.5 Å². The molecular formula is C27H20Cl3FN2O4. The molecule has 0 saturated carbocycles. The van der Waals surface area contributed by atoms with Gasteiger partial charge in [-0.1, -0.05) is 58.2 Å². The van der Waals surface area contributed by atoms with Crippen molar-refractivity contribution in [1.29, 1.82) is 0 Å². The number of ether oxygens (including phenoxy) is 1. The van der Waals surface area contributed by atoms with Crippen molar-refractivity contribution in [3.63, 3.8) is 0 Å². The van der Waals surface area contributed by atoms with Gasteiger partial charge in [-0.15, -0.1) is 0 Å². The van der Waals surface area contributed by atoms with Crippen LogP contribution in [0.25, 0.3) is 22.6 Å². The number of anilines is 1. The largest absolute Gasteiger partial charge is 0.496 e. The highest BCUT2D eigenvalue weighted by molar-refractivity contribution is 6.60. The molecule has 0 aliphatic heterocycles. The Morgan fingerprint density at radius 2 is 1.76 bits per heavy atom. The third kappa shape index (κ3) is 5.80. The molecule has 1 heterocycles. The van der Waals surface area contributed by atoms with Crippen LogP contribution in [0.4, 0.5) is 10.1 Å². The number of alkyl halides is 2. The molecule has 0 atom stereocenters. The molecule has 4 rings (SSSR count). The monoisotopic (exact) mass is 560 g/mol. The van der Waals surface area contributed by atoms with Crippen LogP contribution < -0.4 is 9.64 Å². The lowest BCUT2D eigenvalue weighted by atomic mass is 10.1. The smallest absolute Gasteiger partial charge is 0.223 e. The highest BCUT2D eigenvalue weighted by Crippen LogP contribution is 2.38. The number of ketones is 1. The predicted octanol–water partition coefficient (Wildman–Crippen LogP) is 7.22. The van der Waals surface area contributed by atoms with E-state index in [2.05, 4.69) is 5.16 Å². The molecule has 0 aliphatic carbocycles. The molecule has 190 valence electrons. The Bertz CT molecular complexity index is 1450. The molecule has 3 aromatic carbocycles. The minimum absolute atomic E-state index is 0.118. The highest BCUT2D eigenvalue weighted by Gasteiger charge is 2.38. The molecule has 4 aromatic rings. The van der Waals surface area contributed by atoms with E-state index >= 15 is 0 Å². The second-order valence-electron chi connectivity index (χ2n) is 8.09. The summed E-state index contributed by atoms with van der Waals surface area (Å²) in [5, 5.41) is 4.58. The maximum absolute atomic E-state index is 13.3. The Labute approximate surface area is 227 Å². The van der Waals surface area contributed by atoms with Crippen molar-refractivity contribution in [2.45, 2.75) is 11.3 Å². The first-order valence-electron chi connectivity index (χ1n) is 11.0. The molecule has 37 heavy (non-hydrogen) atoms. The molecule has 0 radical (unpaired) electrons. The van der Waals surface area contributed by atoms with Crippen LogP contribution >= 0.6 is 34.8 Å². The Hall–Kier alpha value is -3.39. The molecule has 0 bridgehead atoms. The standard InChI is InChI=1S/C27H20Cl3FN2O4/c1-16(34)33(15-27(29,30)26(35)17-9-11-19(31)12-10-17)20-6-3-5-18(13-20)24-14-22(32-37-24)25-21(28)7-4-8-23(25)36-2/h3-14H,15H2,1-2H3. The third-order valence-electron chi connectivity index (χ3n) is 5.58. The zero-order valence-electron chi connectivity index (χ0n) is 19.7. The fourth-order valence-electron chi connectivity index (χ4n) is 3.75. The van der Waals surface area contributed by atoms with Crippen molar-refractivity contribution in [2.24, 2.45) is 0 Å². The fourth-order valence-corrected chi connectivity index (χ4v) is 4.47. The highest BCUT2D eigenvalue weighted by atomic mass is 35.5. The second-order valence-corrected chi connectivity index (χ2v) is 9.98. The number of aromatic nitrogens is 1. The molecular weight excluding hydrogens is 542 g/mol. The average Bonchev–Trinajstić information content (AvgIpc) is 3.37. The number of halogens is 4. The summed E-state index contributed by atoms with van der Waals surface area (Å²) in [5.74, 6) is -0.611. The van der Waals surface area contributed by atoms with Crippen LogP contribution in [0.15, 0.2) is 77.3 Å². The zero-order chi connectivity index (χ0) is 26.7. The van der Waals surface area contributed by atoms with E-state index in [1.165, 1.54) is 31.1 Å². The van der Waals surface area contributed by atoms with Gasteiger partial charge in [-0.25, -0.2) is 4.39 Å². The van der Waals surface area contributed by atoms with Gasteiger partial charge in [0.15, 0.2) is 10.1 Å². The molecule has 6 nitrogen and oxygen atoms in total. The maximum Gasteiger partial charge on any atom is 0.223 e. The van der Waals surface area contributed by atoms with E-state index in [1.807, 2.05) is 0 Å². The predicted molar refractivity (Wildman–Crippen MR) is 142 cm³/mol. The normalized spacial score (nSPS) is 11.3. The van der Waals surface area contributed by atoms with Gasteiger partial charge in [-0.3, -0.25) is 9.59 Å². The first-order chi connectivity index (χ1) is 17.6. The van der Waals surface area contributed by atoms with Gasteiger partial charge in [0.1, 0.15) is 17.3 Å². The Morgan fingerprint density at radius 1 is 1.05 bits per heavy atom. The fraction of sp³-hybridized carbons (Fsp3) is 0.148. The van der Waals surface area contributed by atoms with E-state index in [0.29, 0.717) is 39.0 Å². The number of carbonyl (C=O) groups excluding carboxylic acids is 2. The summed E-state index contributed by atoms with van der Waals surface area (Å²) in [6.07, 6.45) is 0. The minimum Gasteiger partial charge on any atom is -0.496 e. The zero-order valence-corrected chi connectivity index (χ0v) is 21.9. The van der Waals surface area contributed by atoms with Crippen LogP contribution in [-0.4, -0.2) is 34.8 Å². The quantitative estimate of drug-likeness (QED) is 0.168.